The predicted octanol–water partition coefficient (Wildman–Crippen LogP) is 2.89. The third kappa shape index (κ3) is 3.74. The summed E-state index contributed by atoms with van der Waals surface area (Å²) < 4.78 is 38.0. The molecule has 2 aromatic rings. The lowest BCUT2D eigenvalue weighted by Gasteiger charge is -2.15. The Labute approximate surface area is 119 Å². The van der Waals surface area contributed by atoms with Gasteiger partial charge in [0.2, 0.25) is 5.95 Å². The normalized spacial score (nSPS) is 11.3. The minimum absolute atomic E-state index is 0.00858. The van der Waals surface area contributed by atoms with Gasteiger partial charge < -0.3 is 16.0 Å². The maximum Gasteiger partial charge on any atom is 0.433 e. The first-order valence-corrected chi connectivity index (χ1v) is 6.02. The molecule has 0 amide bonds. The molecule has 0 aliphatic heterocycles. The number of hydrogen-bond acceptors (Lipinski definition) is 5. The Morgan fingerprint density at radius 3 is 2.48 bits per heavy atom. The number of halogens is 3. The van der Waals surface area contributed by atoms with Gasteiger partial charge in [0, 0.05) is 31.5 Å². The second-order valence-electron chi connectivity index (χ2n) is 4.56. The maximum atomic E-state index is 12.7. The molecule has 0 atom stereocenters. The second-order valence-corrected chi connectivity index (χ2v) is 4.56. The van der Waals surface area contributed by atoms with Crippen molar-refractivity contribution < 1.29 is 13.2 Å². The first-order chi connectivity index (χ1) is 9.75. The number of nitrogen functional groups attached to an aromatic ring is 1. The Kier molecular flexibility index (Phi) is 3.88. The van der Waals surface area contributed by atoms with Crippen molar-refractivity contribution in [1.82, 2.24) is 9.97 Å². The van der Waals surface area contributed by atoms with Gasteiger partial charge in [0.25, 0.3) is 0 Å². The molecule has 112 valence electrons. The van der Waals surface area contributed by atoms with E-state index >= 15 is 0 Å². The van der Waals surface area contributed by atoms with Gasteiger partial charge in [-0.3, -0.25) is 0 Å². The van der Waals surface area contributed by atoms with Crippen molar-refractivity contribution in [2.75, 3.05) is 30.0 Å². The lowest BCUT2D eigenvalue weighted by atomic mass is 10.2. The summed E-state index contributed by atoms with van der Waals surface area (Å²) in [5.74, 6) is -0.443. The van der Waals surface area contributed by atoms with E-state index in [1.54, 1.807) is 18.2 Å². The van der Waals surface area contributed by atoms with Crippen LogP contribution in [-0.4, -0.2) is 24.1 Å². The molecule has 1 aromatic carbocycles. The zero-order valence-corrected chi connectivity index (χ0v) is 11.4. The zero-order chi connectivity index (χ0) is 15.6. The summed E-state index contributed by atoms with van der Waals surface area (Å²) in [4.78, 5) is 8.82. The van der Waals surface area contributed by atoms with Gasteiger partial charge >= 0.3 is 6.18 Å². The van der Waals surface area contributed by atoms with Crippen LogP contribution in [0, 0.1) is 0 Å². The standard InChI is InChI=1S/C13H14F3N5/c1-21(2)9-5-3-4-8(6-9)18-11-7-10(13(14,15)16)19-12(17)20-11/h3-7H,1-2H3,(H3,17,18,19,20). The van der Waals surface area contributed by atoms with Crippen molar-refractivity contribution in [2.24, 2.45) is 0 Å². The molecule has 2 rings (SSSR count). The molecule has 8 heteroatoms. The topological polar surface area (TPSA) is 67.1 Å². The molecule has 0 saturated heterocycles. The van der Waals surface area contributed by atoms with Gasteiger partial charge in [0.15, 0.2) is 5.69 Å². The smallest absolute Gasteiger partial charge is 0.378 e. The first kappa shape index (κ1) is 14.9. The highest BCUT2D eigenvalue weighted by molar-refractivity contribution is 5.63. The van der Waals surface area contributed by atoms with E-state index in [1.807, 2.05) is 25.1 Å². The molecular weight excluding hydrogens is 283 g/mol. The molecule has 0 radical (unpaired) electrons. The van der Waals surface area contributed by atoms with Gasteiger partial charge in [0.05, 0.1) is 0 Å². The van der Waals surface area contributed by atoms with Crippen molar-refractivity contribution in [3.8, 4) is 0 Å². The Morgan fingerprint density at radius 2 is 1.86 bits per heavy atom. The maximum absolute atomic E-state index is 12.7. The van der Waals surface area contributed by atoms with Crippen LogP contribution >= 0.6 is 0 Å². The summed E-state index contributed by atoms with van der Waals surface area (Å²) in [5.41, 5.74) is 5.74. The molecule has 0 saturated carbocycles. The predicted molar refractivity (Wildman–Crippen MR) is 75.5 cm³/mol. The van der Waals surface area contributed by atoms with Gasteiger partial charge in [-0.2, -0.15) is 18.2 Å². The van der Waals surface area contributed by atoms with E-state index in [0.717, 1.165) is 11.8 Å². The lowest BCUT2D eigenvalue weighted by Crippen LogP contribution is -2.12. The van der Waals surface area contributed by atoms with Crippen LogP contribution in [0.1, 0.15) is 5.69 Å². The summed E-state index contributed by atoms with van der Waals surface area (Å²) in [5, 5.41) is 2.79. The molecular formula is C13H14F3N5. The SMILES string of the molecule is CN(C)c1cccc(Nc2cc(C(F)(F)F)nc(N)n2)c1. The van der Waals surface area contributed by atoms with E-state index in [-0.39, 0.29) is 5.82 Å². The summed E-state index contributed by atoms with van der Waals surface area (Å²) in [6, 6.07) is 7.98. The first-order valence-electron chi connectivity index (χ1n) is 6.02. The fraction of sp³-hybridized carbons (Fsp3) is 0.231. The Balaban J connectivity index is 2.31. The number of aromatic nitrogens is 2. The Hall–Kier alpha value is -2.51. The minimum Gasteiger partial charge on any atom is -0.378 e. The minimum atomic E-state index is -4.57. The molecule has 0 fully saturated rings. The molecule has 1 aromatic heterocycles. The third-order valence-corrected chi connectivity index (χ3v) is 2.67. The molecule has 0 unspecified atom stereocenters. The number of nitrogens with one attached hydrogen (secondary N) is 1. The van der Waals surface area contributed by atoms with Crippen molar-refractivity contribution >= 4 is 23.1 Å². The van der Waals surface area contributed by atoms with E-state index < -0.39 is 17.8 Å². The van der Waals surface area contributed by atoms with Crippen molar-refractivity contribution in [1.29, 1.82) is 0 Å². The van der Waals surface area contributed by atoms with Crippen LogP contribution in [0.4, 0.5) is 36.3 Å². The fourth-order valence-electron chi connectivity index (χ4n) is 1.68. The fourth-order valence-corrected chi connectivity index (χ4v) is 1.68. The van der Waals surface area contributed by atoms with E-state index in [9.17, 15) is 13.2 Å². The summed E-state index contributed by atoms with van der Waals surface area (Å²) >= 11 is 0. The molecule has 0 bridgehead atoms. The molecule has 1 heterocycles. The summed E-state index contributed by atoms with van der Waals surface area (Å²) in [7, 11) is 3.73. The highest BCUT2D eigenvalue weighted by atomic mass is 19.4. The number of benzene rings is 1. The highest BCUT2D eigenvalue weighted by Gasteiger charge is 2.33. The van der Waals surface area contributed by atoms with Crippen molar-refractivity contribution in [3.05, 3.63) is 36.0 Å². The van der Waals surface area contributed by atoms with Gasteiger partial charge in [-0.15, -0.1) is 0 Å². The van der Waals surface area contributed by atoms with Gasteiger partial charge in [-0.05, 0) is 18.2 Å². The van der Waals surface area contributed by atoms with Crippen molar-refractivity contribution in [3.63, 3.8) is 0 Å². The van der Waals surface area contributed by atoms with E-state index in [0.29, 0.717) is 5.69 Å². The van der Waals surface area contributed by atoms with Crippen LogP contribution in [0.2, 0.25) is 0 Å². The van der Waals surface area contributed by atoms with E-state index in [4.69, 9.17) is 5.73 Å². The zero-order valence-electron chi connectivity index (χ0n) is 11.4. The van der Waals surface area contributed by atoms with Crippen LogP contribution < -0.4 is 16.0 Å². The van der Waals surface area contributed by atoms with Crippen molar-refractivity contribution in [2.45, 2.75) is 6.18 Å². The molecule has 0 aliphatic rings. The summed E-state index contributed by atoms with van der Waals surface area (Å²) in [6.07, 6.45) is -4.57. The van der Waals surface area contributed by atoms with Crippen LogP contribution in [-0.2, 0) is 6.18 Å². The number of anilines is 4. The molecule has 0 aliphatic carbocycles. The summed E-state index contributed by atoms with van der Waals surface area (Å²) in [6.45, 7) is 0. The van der Waals surface area contributed by atoms with Gasteiger partial charge in [-0.25, -0.2) is 4.98 Å². The van der Waals surface area contributed by atoms with E-state index in [2.05, 4.69) is 15.3 Å². The van der Waals surface area contributed by atoms with Crippen LogP contribution in [0.3, 0.4) is 0 Å². The second kappa shape index (κ2) is 5.47. The molecule has 5 nitrogen and oxygen atoms in total. The largest absolute Gasteiger partial charge is 0.433 e. The number of hydrogen-bond donors (Lipinski definition) is 2. The average molecular weight is 297 g/mol. The third-order valence-electron chi connectivity index (χ3n) is 2.67. The Morgan fingerprint density at radius 1 is 1.14 bits per heavy atom. The monoisotopic (exact) mass is 297 g/mol. The Bertz CT molecular complexity index is 640. The van der Waals surface area contributed by atoms with Crippen LogP contribution in [0.5, 0.6) is 0 Å². The molecule has 21 heavy (non-hydrogen) atoms. The van der Waals surface area contributed by atoms with Crippen LogP contribution in [0.25, 0.3) is 0 Å². The van der Waals surface area contributed by atoms with Gasteiger partial charge in [-0.1, -0.05) is 6.07 Å². The number of rotatable bonds is 3. The van der Waals surface area contributed by atoms with E-state index in [1.165, 1.54) is 0 Å². The average Bonchev–Trinajstić information content (AvgIpc) is 2.37. The molecule has 3 N–H and O–H groups in total. The van der Waals surface area contributed by atoms with Crippen LogP contribution in [0.15, 0.2) is 30.3 Å². The van der Waals surface area contributed by atoms with Gasteiger partial charge in [0.1, 0.15) is 5.82 Å². The lowest BCUT2D eigenvalue weighted by molar-refractivity contribution is -0.141. The number of alkyl halides is 3. The number of nitrogens with zero attached hydrogens (tertiary/aromatic N) is 3. The quantitative estimate of drug-likeness (QED) is 0.912. The highest BCUT2D eigenvalue weighted by Crippen LogP contribution is 2.30. The number of nitrogens with two attached hydrogens (primary N) is 1. The molecule has 0 spiro atoms.